The minimum atomic E-state index is -1.67. The molecule has 1 aliphatic carbocycles. The topological polar surface area (TPSA) is 20.9 Å². The lowest BCUT2D eigenvalue weighted by Gasteiger charge is -2.23. The standard InChI is InChI=1S/C45H38N2O/c1-27-12-10-13-28(2)40(27)35-24-39-41-37(22-21-33-32-20-19-29-14-11-16-31(29)42(32)48-43(33)41)45(47(39)26-30(35)25-44(3,4)5)36-17-7-6-15-34(36)38-18-8-9-23-46(38)45/h6-13,15-24,26H,14,25H2,1-5H3/q+2/i25D2. The first-order valence-corrected chi connectivity index (χ1v) is 17.0. The molecule has 3 aliphatic rings. The molecular formula is C45H38N2O+2. The Kier molecular flexibility index (Phi) is 5.05. The van der Waals surface area contributed by atoms with Gasteiger partial charge in [0.05, 0.1) is 5.56 Å². The number of hydrogen-bond acceptors (Lipinski definition) is 1. The van der Waals surface area contributed by atoms with Crippen LogP contribution >= 0.6 is 0 Å². The van der Waals surface area contributed by atoms with Gasteiger partial charge in [0.2, 0.25) is 11.4 Å². The Balaban J connectivity index is 1.43. The van der Waals surface area contributed by atoms with Gasteiger partial charge in [-0.2, -0.15) is 0 Å². The first-order chi connectivity index (χ1) is 24.0. The highest BCUT2D eigenvalue weighted by atomic mass is 16.3. The van der Waals surface area contributed by atoms with Crippen molar-refractivity contribution in [2.45, 2.75) is 53.1 Å². The van der Waals surface area contributed by atoms with Gasteiger partial charge in [0, 0.05) is 42.8 Å². The van der Waals surface area contributed by atoms with Gasteiger partial charge < -0.3 is 4.42 Å². The second kappa shape index (κ2) is 9.41. The zero-order chi connectivity index (χ0) is 34.3. The molecule has 0 saturated heterocycles. The lowest BCUT2D eigenvalue weighted by Crippen LogP contribution is -2.71. The van der Waals surface area contributed by atoms with Crippen molar-refractivity contribution in [3.05, 3.63) is 148 Å². The molecule has 0 radical (unpaired) electrons. The van der Waals surface area contributed by atoms with Crippen molar-refractivity contribution in [1.82, 2.24) is 0 Å². The average Bonchev–Trinajstić information content (AvgIpc) is 3.85. The highest BCUT2D eigenvalue weighted by Gasteiger charge is 2.67. The van der Waals surface area contributed by atoms with E-state index in [1.54, 1.807) is 0 Å². The predicted octanol–water partition coefficient (Wildman–Crippen LogP) is 9.86. The maximum atomic E-state index is 9.82. The van der Waals surface area contributed by atoms with Crippen LogP contribution in [0.5, 0.6) is 0 Å². The van der Waals surface area contributed by atoms with E-state index in [0.29, 0.717) is 5.56 Å². The summed E-state index contributed by atoms with van der Waals surface area (Å²) < 4.78 is 31.5. The lowest BCUT2D eigenvalue weighted by molar-refractivity contribution is -0.955. The van der Waals surface area contributed by atoms with Crippen LogP contribution in [-0.4, -0.2) is 0 Å². The number of pyridine rings is 2. The zero-order valence-electron chi connectivity index (χ0n) is 30.0. The Labute approximate surface area is 284 Å². The van der Waals surface area contributed by atoms with Gasteiger partial charge in [0.15, 0.2) is 12.4 Å². The molecular weight excluding hydrogens is 585 g/mol. The van der Waals surface area contributed by atoms with E-state index in [9.17, 15) is 2.74 Å². The molecule has 0 N–H and O–H groups in total. The summed E-state index contributed by atoms with van der Waals surface area (Å²) >= 11 is 0. The molecule has 232 valence electrons. The van der Waals surface area contributed by atoms with E-state index >= 15 is 0 Å². The summed E-state index contributed by atoms with van der Waals surface area (Å²) in [6.07, 6.45) is 7.99. The van der Waals surface area contributed by atoms with Crippen LogP contribution in [-0.2, 0) is 18.5 Å². The van der Waals surface area contributed by atoms with Gasteiger partial charge in [-0.1, -0.05) is 75.4 Å². The molecule has 3 nitrogen and oxygen atoms in total. The zero-order valence-corrected chi connectivity index (χ0v) is 28.0. The molecule has 0 fully saturated rings. The fourth-order valence-electron chi connectivity index (χ4n) is 8.87. The summed E-state index contributed by atoms with van der Waals surface area (Å²) in [6.45, 7) is 10.3. The van der Waals surface area contributed by atoms with E-state index in [1.165, 1.54) is 16.7 Å². The number of furan rings is 1. The van der Waals surface area contributed by atoms with Crippen molar-refractivity contribution in [2.75, 3.05) is 0 Å². The molecule has 2 aliphatic heterocycles. The molecule has 0 amide bonds. The fourth-order valence-corrected chi connectivity index (χ4v) is 8.87. The summed E-state index contributed by atoms with van der Waals surface area (Å²) in [5.41, 5.74) is 14.4. The number of nitrogens with zero attached hydrogens (tertiary/aromatic N) is 2. The van der Waals surface area contributed by atoms with E-state index in [4.69, 9.17) is 4.42 Å². The molecule has 10 rings (SSSR count). The normalized spacial score (nSPS) is 17.8. The van der Waals surface area contributed by atoms with Crippen LogP contribution in [0.15, 0.2) is 114 Å². The molecule has 48 heavy (non-hydrogen) atoms. The SMILES string of the molecule is [2H]C([2H])(c1c[n+]2c(cc1-c1c(C)cccc1C)-c1c(ccc3c1oc1c4c(ccc13)CC=C4)C21c2ccccc2-c2cccc[n+]21)C(C)(C)C. The molecule has 3 heteroatoms. The van der Waals surface area contributed by atoms with Gasteiger partial charge >= 0.3 is 5.66 Å². The second-order valence-corrected chi connectivity index (χ2v) is 14.8. The number of aromatic nitrogens is 2. The van der Waals surface area contributed by atoms with Crippen molar-refractivity contribution in [1.29, 1.82) is 0 Å². The van der Waals surface area contributed by atoms with Crippen molar-refractivity contribution >= 4 is 28.0 Å². The largest absolute Gasteiger partial charge is 0.454 e. The minimum Gasteiger partial charge on any atom is -0.454 e. The van der Waals surface area contributed by atoms with Crippen molar-refractivity contribution in [2.24, 2.45) is 5.41 Å². The summed E-state index contributed by atoms with van der Waals surface area (Å²) in [5, 5.41) is 2.22. The van der Waals surface area contributed by atoms with Crippen molar-refractivity contribution < 1.29 is 16.3 Å². The number of allylic oxidation sites excluding steroid dienone is 1. The van der Waals surface area contributed by atoms with Gasteiger partial charge in [-0.05, 0) is 90.2 Å². The Morgan fingerprint density at radius 1 is 0.750 bits per heavy atom. The second-order valence-electron chi connectivity index (χ2n) is 14.8. The highest BCUT2D eigenvalue weighted by molar-refractivity contribution is 6.12. The van der Waals surface area contributed by atoms with Crippen LogP contribution in [0.4, 0.5) is 0 Å². The van der Waals surface area contributed by atoms with Gasteiger partial charge in [-0.25, -0.2) is 0 Å². The molecule has 7 aromatic rings. The lowest BCUT2D eigenvalue weighted by atomic mass is 9.83. The molecule has 1 spiro atoms. The van der Waals surface area contributed by atoms with E-state index < -0.39 is 17.5 Å². The third-order valence-corrected chi connectivity index (χ3v) is 10.7. The minimum absolute atomic E-state index is 0.676. The maximum absolute atomic E-state index is 9.82. The van der Waals surface area contributed by atoms with Crippen molar-refractivity contribution in [3.63, 3.8) is 0 Å². The monoisotopic (exact) mass is 624 g/mol. The maximum Gasteiger partial charge on any atom is 0.417 e. The van der Waals surface area contributed by atoms with Crippen molar-refractivity contribution in [3.8, 4) is 33.6 Å². The molecule has 1 unspecified atom stereocenters. The molecule has 1 atom stereocenters. The van der Waals surface area contributed by atoms with Crippen LogP contribution in [0.25, 0.3) is 61.7 Å². The van der Waals surface area contributed by atoms with Crippen LogP contribution in [0.3, 0.4) is 0 Å². The van der Waals surface area contributed by atoms with Crippen LogP contribution < -0.4 is 9.13 Å². The molecule has 4 aromatic carbocycles. The van der Waals surface area contributed by atoms with Gasteiger partial charge in [0.1, 0.15) is 27.9 Å². The van der Waals surface area contributed by atoms with E-state index in [-0.39, 0.29) is 0 Å². The number of rotatable bonds is 2. The molecule has 5 heterocycles. The number of aryl methyl sites for hydroxylation is 2. The number of benzene rings is 4. The first kappa shape index (κ1) is 25.8. The Morgan fingerprint density at radius 2 is 1.52 bits per heavy atom. The smallest absolute Gasteiger partial charge is 0.417 e. The van der Waals surface area contributed by atoms with Crippen LogP contribution in [0.2, 0.25) is 0 Å². The van der Waals surface area contributed by atoms with E-state index in [1.807, 2.05) is 20.8 Å². The van der Waals surface area contributed by atoms with E-state index in [0.717, 1.165) is 78.7 Å². The predicted molar refractivity (Wildman–Crippen MR) is 194 cm³/mol. The number of hydrogen-bond donors (Lipinski definition) is 0. The van der Waals surface area contributed by atoms with Crippen LogP contribution in [0.1, 0.15) is 62.5 Å². The van der Waals surface area contributed by atoms with Gasteiger partial charge in [-0.3, -0.25) is 0 Å². The Morgan fingerprint density at radius 3 is 2.35 bits per heavy atom. The third-order valence-electron chi connectivity index (χ3n) is 10.7. The first-order valence-electron chi connectivity index (χ1n) is 18.0. The van der Waals surface area contributed by atoms with Crippen LogP contribution in [0, 0.1) is 19.3 Å². The molecule has 0 saturated carbocycles. The average molecular weight is 625 g/mol. The van der Waals surface area contributed by atoms with Gasteiger partial charge in [-0.15, -0.1) is 9.13 Å². The highest BCUT2D eigenvalue weighted by Crippen LogP contribution is 2.52. The van der Waals surface area contributed by atoms with Gasteiger partial charge in [0.25, 0.3) is 0 Å². The summed E-state index contributed by atoms with van der Waals surface area (Å²) in [4.78, 5) is 0. The Hall–Kier alpha value is -5.28. The third kappa shape index (κ3) is 3.49. The molecule has 0 bridgehead atoms. The fraction of sp³-hybridized carbons (Fsp3) is 0.200. The summed E-state index contributed by atoms with van der Waals surface area (Å²) in [6, 6.07) is 32.7. The number of fused-ring (bicyclic) bond motifs is 16. The molecule has 3 aromatic heterocycles. The van der Waals surface area contributed by atoms with E-state index in [2.05, 4.69) is 139 Å². The Bertz CT molecular complexity index is 2610. The summed E-state index contributed by atoms with van der Waals surface area (Å²) in [7, 11) is 0. The quantitative estimate of drug-likeness (QED) is 0.175. The summed E-state index contributed by atoms with van der Waals surface area (Å²) in [5.74, 6) is 0.